The van der Waals surface area contributed by atoms with Crippen LogP contribution >= 0.6 is 11.8 Å². The topological polar surface area (TPSA) is 85.2 Å². The zero-order chi connectivity index (χ0) is 21.8. The Balaban J connectivity index is 1.50. The lowest BCUT2D eigenvalue weighted by Crippen LogP contribution is -2.49. The van der Waals surface area contributed by atoms with Crippen LogP contribution in [0, 0.1) is 0 Å². The highest BCUT2D eigenvalue weighted by molar-refractivity contribution is 7.99. The van der Waals surface area contributed by atoms with Gasteiger partial charge in [-0.15, -0.1) is 10.2 Å². The van der Waals surface area contributed by atoms with E-state index in [0.717, 1.165) is 42.2 Å². The first-order valence-electron chi connectivity index (χ1n) is 11.1. The van der Waals surface area contributed by atoms with Gasteiger partial charge in [0.05, 0.1) is 17.3 Å². The number of aromatic nitrogens is 3. The van der Waals surface area contributed by atoms with Crippen LogP contribution in [-0.4, -0.2) is 63.3 Å². The molecule has 31 heavy (non-hydrogen) atoms. The first kappa shape index (κ1) is 22.3. The molecular weight excluding hydrogens is 432 g/mol. The molecule has 1 aliphatic heterocycles. The fourth-order valence-electron chi connectivity index (χ4n) is 4.74. The standard InChI is InChI=1S/C22H30N4O3S2/c1-2-25-21(17-9-5-3-6-10-17)23-24-22(25)30-15-20(27)26(18-11-7-4-8-12-18)19-13-14-31(28,29)16-19/h3,5-6,9-10,18-19H,2,4,7-8,11-16H2,1H3. The summed E-state index contributed by atoms with van der Waals surface area (Å²) in [6, 6.07) is 9.88. The van der Waals surface area contributed by atoms with Crippen LogP contribution in [0.15, 0.2) is 35.5 Å². The van der Waals surface area contributed by atoms with Gasteiger partial charge in [-0.3, -0.25) is 4.79 Å². The normalized spacial score (nSPS) is 21.3. The second kappa shape index (κ2) is 9.73. The van der Waals surface area contributed by atoms with Gasteiger partial charge in [-0.2, -0.15) is 0 Å². The van der Waals surface area contributed by atoms with Gasteiger partial charge in [0.15, 0.2) is 20.8 Å². The van der Waals surface area contributed by atoms with Gasteiger partial charge in [0.2, 0.25) is 5.91 Å². The van der Waals surface area contributed by atoms with Crippen molar-refractivity contribution in [3.05, 3.63) is 30.3 Å². The predicted molar refractivity (Wildman–Crippen MR) is 123 cm³/mol. The molecule has 2 heterocycles. The Labute approximate surface area is 188 Å². The maximum absolute atomic E-state index is 13.3. The predicted octanol–water partition coefficient (Wildman–Crippen LogP) is 3.41. The summed E-state index contributed by atoms with van der Waals surface area (Å²) in [5, 5.41) is 9.41. The van der Waals surface area contributed by atoms with Crippen LogP contribution in [-0.2, 0) is 21.2 Å². The van der Waals surface area contributed by atoms with E-state index in [-0.39, 0.29) is 35.2 Å². The molecule has 0 N–H and O–H groups in total. The minimum Gasteiger partial charge on any atom is -0.335 e. The molecule has 1 aromatic carbocycles. The van der Waals surface area contributed by atoms with Crippen LogP contribution in [0.4, 0.5) is 0 Å². The van der Waals surface area contributed by atoms with Gasteiger partial charge < -0.3 is 9.47 Å². The van der Waals surface area contributed by atoms with E-state index >= 15 is 0 Å². The molecule has 4 rings (SSSR count). The third-order valence-corrected chi connectivity index (χ3v) is 8.95. The number of nitrogens with zero attached hydrogens (tertiary/aromatic N) is 4. The molecule has 9 heteroatoms. The number of sulfone groups is 1. The first-order valence-corrected chi connectivity index (χ1v) is 13.9. The lowest BCUT2D eigenvalue weighted by atomic mass is 9.93. The van der Waals surface area contributed by atoms with Gasteiger partial charge in [0.1, 0.15) is 0 Å². The van der Waals surface area contributed by atoms with Crippen LogP contribution in [0.25, 0.3) is 11.4 Å². The Hall–Kier alpha value is -1.87. The molecule has 1 aliphatic carbocycles. The largest absolute Gasteiger partial charge is 0.335 e. The van der Waals surface area contributed by atoms with E-state index in [1.165, 1.54) is 18.2 Å². The van der Waals surface area contributed by atoms with Gasteiger partial charge >= 0.3 is 0 Å². The third kappa shape index (κ3) is 5.14. The number of benzene rings is 1. The van der Waals surface area contributed by atoms with Crippen molar-refractivity contribution in [2.75, 3.05) is 17.3 Å². The van der Waals surface area contributed by atoms with Crippen molar-refractivity contribution < 1.29 is 13.2 Å². The summed E-state index contributed by atoms with van der Waals surface area (Å²) in [7, 11) is -3.04. The van der Waals surface area contributed by atoms with Gasteiger partial charge in [-0.1, -0.05) is 61.4 Å². The summed E-state index contributed by atoms with van der Waals surface area (Å²) in [5.41, 5.74) is 0.995. The maximum atomic E-state index is 13.3. The van der Waals surface area contributed by atoms with Crippen molar-refractivity contribution in [2.24, 2.45) is 0 Å². The highest BCUT2D eigenvalue weighted by Gasteiger charge is 2.38. The van der Waals surface area contributed by atoms with Crippen LogP contribution in [0.2, 0.25) is 0 Å². The Morgan fingerprint density at radius 3 is 2.48 bits per heavy atom. The van der Waals surface area contributed by atoms with E-state index < -0.39 is 9.84 Å². The van der Waals surface area contributed by atoms with E-state index in [9.17, 15) is 13.2 Å². The number of carbonyl (C=O) groups excluding carboxylic acids is 1. The summed E-state index contributed by atoms with van der Waals surface area (Å²) < 4.78 is 26.2. The van der Waals surface area contributed by atoms with Gasteiger partial charge in [0.25, 0.3) is 0 Å². The molecule has 2 fully saturated rings. The van der Waals surface area contributed by atoms with Crippen molar-refractivity contribution in [1.29, 1.82) is 0 Å². The van der Waals surface area contributed by atoms with Crippen LogP contribution in [0.1, 0.15) is 45.4 Å². The smallest absolute Gasteiger partial charge is 0.233 e. The average Bonchev–Trinajstić information content (AvgIpc) is 3.36. The zero-order valence-electron chi connectivity index (χ0n) is 17.9. The van der Waals surface area contributed by atoms with E-state index in [4.69, 9.17) is 0 Å². The molecule has 1 saturated heterocycles. The van der Waals surface area contributed by atoms with Crippen LogP contribution in [0.5, 0.6) is 0 Å². The van der Waals surface area contributed by atoms with E-state index in [1.807, 2.05) is 46.7 Å². The Kier molecular flexibility index (Phi) is 7.01. The molecule has 2 aromatic rings. The number of thioether (sulfide) groups is 1. The summed E-state index contributed by atoms with van der Waals surface area (Å²) in [6.07, 6.45) is 5.89. The van der Waals surface area contributed by atoms with Crippen molar-refractivity contribution >= 4 is 27.5 Å². The molecule has 1 atom stereocenters. The quantitative estimate of drug-likeness (QED) is 0.586. The molecular formula is C22H30N4O3S2. The van der Waals surface area contributed by atoms with Crippen molar-refractivity contribution in [1.82, 2.24) is 19.7 Å². The second-order valence-electron chi connectivity index (χ2n) is 8.35. The molecule has 7 nitrogen and oxygen atoms in total. The van der Waals surface area contributed by atoms with Gasteiger partial charge in [-0.25, -0.2) is 8.42 Å². The van der Waals surface area contributed by atoms with Crippen LogP contribution in [0.3, 0.4) is 0 Å². The van der Waals surface area contributed by atoms with E-state index in [0.29, 0.717) is 13.0 Å². The maximum Gasteiger partial charge on any atom is 0.233 e. The Bertz CT molecular complexity index is 1000. The monoisotopic (exact) mass is 462 g/mol. The lowest BCUT2D eigenvalue weighted by Gasteiger charge is -2.38. The van der Waals surface area contributed by atoms with Crippen molar-refractivity contribution in [3.8, 4) is 11.4 Å². The van der Waals surface area contributed by atoms with E-state index in [1.54, 1.807) is 0 Å². The third-order valence-electron chi connectivity index (χ3n) is 6.25. The molecule has 0 spiro atoms. The van der Waals surface area contributed by atoms with E-state index in [2.05, 4.69) is 10.2 Å². The summed E-state index contributed by atoms with van der Waals surface area (Å²) >= 11 is 1.39. The first-order chi connectivity index (χ1) is 15.0. The summed E-state index contributed by atoms with van der Waals surface area (Å²) in [5.74, 6) is 1.35. The molecule has 0 radical (unpaired) electrons. The Morgan fingerprint density at radius 2 is 1.84 bits per heavy atom. The van der Waals surface area contributed by atoms with Gasteiger partial charge in [0, 0.05) is 24.2 Å². The van der Waals surface area contributed by atoms with Crippen molar-refractivity contribution in [3.63, 3.8) is 0 Å². The van der Waals surface area contributed by atoms with Gasteiger partial charge in [-0.05, 0) is 26.2 Å². The number of carbonyl (C=O) groups is 1. The van der Waals surface area contributed by atoms with Crippen molar-refractivity contribution in [2.45, 2.75) is 69.2 Å². The highest BCUT2D eigenvalue weighted by Crippen LogP contribution is 2.30. The summed E-state index contributed by atoms with van der Waals surface area (Å²) in [6.45, 7) is 2.75. The molecule has 1 aromatic heterocycles. The summed E-state index contributed by atoms with van der Waals surface area (Å²) in [4.78, 5) is 15.3. The highest BCUT2D eigenvalue weighted by atomic mass is 32.2. The molecule has 2 aliphatic rings. The molecule has 0 bridgehead atoms. The number of hydrogen-bond acceptors (Lipinski definition) is 6. The minimum atomic E-state index is -3.04. The number of rotatable bonds is 7. The lowest BCUT2D eigenvalue weighted by molar-refractivity contribution is -0.133. The SMILES string of the molecule is CCn1c(SCC(=O)N(C2CCCCC2)C2CCS(=O)(=O)C2)nnc1-c1ccccc1. The zero-order valence-corrected chi connectivity index (χ0v) is 19.6. The molecule has 1 amide bonds. The molecule has 168 valence electrons. The fourth-order valence-corrected chi connectivity index (χ4v) is 7.32. The number of hydrogen-bond donors (Lipinski definition) is 0. The number of amides is 1. The fraction of sp³-hybridized carbons (Fsp3) is 0.591. The average molecular weight is 463 g/mol. The molecule has 1 unspecified atom stereocenters. The second-order valence-corrected chi connectivity index (χ2v) is 11.5. The molecule has 1 saturated carbocycles. The Morgan fingerprint density at radius 1 is 1.10 bits per heavy atom. The minimum absolute atomic E-state index is 0.0194. The van der Waals surface area contributed by atoms with Crippen LogP contribution < -0.4 is 0 Å².